The molecule has 0 fully saturated rings. The van der Waals surface area contributed by atoms with Crippen molar-refractivity contribution in [1.29, 1.82) is 5.26 Å². The summed E-state index contributed by atoms with van der Waals surface area (Å²) in [5, 5.41) is 12.5. The van der Waals surface area contributed by atoms with Crippen molar-refractivity contribution in [3.63, 3.8) is 0 Å². The molecule has 0 saturated heterocycles. The Hall–Kier alpha value is -3.46. The van der Waals surface area contributed by atoms with Gasteiger partial charge in [0.15, 0.2) is 41.4 Å². The highest BCUT2D eigenvalue weighted by atomic mass is 79.9. The van der Waals surface area contributed by atoms with E-state index in [-0.39, 0.29) is 34.4 Å². The van der Waals surface area contributed by atoms with Crippen LogP contribution in [0, 0.1) is 40.4 Å². The smallest absolute Gasteiger partial charge is 0.280 e. The van der Waals surface area contributed by atoms with E-state index in [1.807, 2.05) is 0 Å². The second-order valence-electron chi connectivity index (χ2n) is 6.26. The topological polar surface area (TPSA) is 74.9 Å². The number of carbonyl (C=O) groups is 1. The lowest BCUT2D eigenvalue weighted by Gasteiger charge is -2.15. The third kappa shape index (κ3) is 3.91. The predicted molar refractivity (Wildman–Crippen MR) is 107 cm³/mol. The summed E-state index contributed by atoms with van der Waals surface area (Å²) in [6, 6.07) is 4.76. The number of hydrogen-bond donors (Lipinski definition) is 0. The Morgan fingerprint density at radius 3 is 2.28 bits per heavy atom. The second-order valence-corrected chi connectivity index (χ2v) is 7.11. The number of anilines is 1. The van der Waals surface area contributed by atoms with Gasteiger partial charge < -0.3 is 9.47 Å². The molecule has 2 aromatic rings. The molecule has 166 valence electrons. The van der Waals surface area contributed by atoms with Crippen molar-refractivity contribution >= 4 is 39.3 Å². The molecule has 0 saturated carbocycles. The van der Waals surface area contributed by atoms with Crippen LogP contribution in [0.1, 0.15) is 12.5 Å². The zero-order valence-electron chi connectivity index (χ0n) is 16.3. The molecular formula is C20H11BrF5N3O3. The fourth-order valence-electron chi connectivity index (χ4n) is 2.85. The van der Waals surface area contributed by atoms with Crippen LogP contribution in [-0.2, 0) is 4.79 Å². The summed E-state index contributed by atoms with van der Waals surface area (Å²) >= 11 is 3.25. The van der Waals surface area contributed by atoms with Crippen LogP contribution in [-0.4, -0.2) is 25.3 Å². The van der Waals surface area contributed by atoms with Gasteiger partial charge in [-0.1, -0.05) is 0 Å². The number of amides is 1. The Morgan fingerprint density at radius 1 is 1.12 bits per heavy atom. The van der Waals surface area contributed by atoms with Crippen LogP contribution in [0.15, 0.2) is 27.3 Å². The summed E-state index contributed by atoms with van der Waals surface area (Å²) in [6.07, 6.45) is 1.29. The molecule has 0 atom stereocenters. The van der Waals surface area contributed by atoms with Gasteiger partial charge in [-0.3, -0.25) is 4.79 Å². The molecule has 3 rings (SSSR count). The van der Waals surface area contributed by atoms with Crippen molar-refractivity contribution in [3.05, 3.63) is 56.8 Å². The van der Waals surface area contributed by atoms with Crippen LogP contribution in [0.5, 0.6) is 11.5 Å². The maximum Gasteiger partial charge on any atom is 0.280 e. The molecule has 0 spiro atoms. The number of nitrogens with zero attached hydrogens (tertiary/aromatic N) is 3. The number of rotatable bonds is 5. The monoisotopic (exact) mass is 515 g/mol. The number of carbonyl (C=O) groups excluding carboxylic acids is 1. The number of nitriles is 1. The summed E-state index contributed by atoms with van der Waals surface area (Å²) in [5.41, 5.74) is -1.31. The van der Waals surface area contributed by atoms with E-state index in [1.54, 1.807) is 6.07 Å². The van der Waals surface area contributed by atoms with Crippen LogP contribution >= 0.6 is 15.9 Å². The van der Waals surface area contributed by atoms with Crippen molar-refractivity contribution in [1.82, 2.24) is 0 Å². The van der Waals surface area contributed by atoms with Gasteiger partial charge in [-0.05, 0) is 46.6 Å². The van der Waals surface area contributed by atoms with Gasteiger partial charge >= 0.3 is 0 Å². The van der Waals surface area contributed by atoms with Gasteiger partial charge in [0.2, 0.25) is 5.82 Å². The first-order chi connectivity index (χ1) is 15.1. The normalized spacial score (nSPS) is 14.6. The van der Waals surface area contributed by atoms with Gasteiger partial charge in [0.05, 0.1) is 22.9 Å². The number of methoxy groups -OCH3 is 1. The molecule has 1 heterocycles. The molecule has 1 aliphatic rings. The van der Waals surface area contributed by atoms with E-state index in [9.17, 15) is 26.7 Å². The van der Waals surface area contributed by atoms with E-state index < -0.39 is 40.7 Å². The Balaban J connectivity index is 2.05. The number of halogens is 6. The highest BCUT2D eigenvalue weighted by molar-refractivity contribution is 9.10. The van der Waals surface area contributed by atoms with Crippen LogP contribution in [0.3, 0.4) is 0 Å². The molecule has 1 aliphatic heterocycles. The van der Waals surface area contributed by atoms with E-state index in [0.29, 0.717) is 10.0 Å². The third-order valence-electron chi connectivity index (χ3n) is 4.30. The molecule has 0 radical (unpaired) electrons. The molecule has 0 bridgehead atoms. The van der Waals surface area contributed by atoms with Crippen molar-refractivity contribution < 1.29 is 36.2 Å². The highest BCUT2D eigenvalue weighted by Crippen LogP contribution is 2.38. The van der Waals surface area contributed by atoms with Gasteiger partial charge in [-0.2, -0.15) is 15.4 Å². The lowest BCUT2D eigenvalue weighted by molar-refractivity contribution is -0.114. The Labute approximate surface area is 186 Å². The zero-order valence-corrected chi connectivity index (χ0v) is 17.9. The lowest BCUT2D eigenvalue weighted by Crippen LogP contribution is -2.25. The van der Waals surface area contributed by atoms with Crippen molar-refractivity contribution in [2.45, 2.75) is 6.92 Å². The van der Waals surface area contributed by atoms with Gasteiger partial charge in [0.25, 0.3) is 5.91 Å². The number of hydrogen-bond acceptors (Lipinski definition) is 5. The molecular weight excluding hydrogens is 505 g/mol. The summed E-state index contributed by atoms with van der Waals surface area (Å²) in [6.45, 7) is 1.07. The third-order valence-corrected chi connectivity index (χ3v) is 4.89. The first kappa shape index (κ1) is 23.2. The standard InChI is InChI=1S/C20H11BrF5N3O3/c1-8-10(5-9-6-11(21)19(32-4-3-27)12(7-9)31-2)20(30)29(28-8)18-16(25)14(23)13(22)15(24)17(18)26/h5-7H,4H2,1-2H3/b10-5+. The van der Waals surface area contributed by atoms with Crippen molar-refractivity contribution in [2.75, 3.05) is 18.7 Å². The Kier molecular flexibility index (Phi) is 6.50. The van der Waals surface area contributed by atoms with Crippen LogP contribution in [0.4, 0.5) is 27.6 Å². The highest BCUT2D eigenvalue weighted by Gasteiger charge is 2.37. The fraction of sp³-hybridized carbons (Fsp3) is 0.150. The molecule has 12 heteroatoms. The maximum absolute atomic E-state index is 14.1. The second kappa shape index (κ2) is 8.96. The van der Waals surface area contributed by atoms with Gasteiger partial charge in [0, 0.05) is 0 Å². The van der Waals surface area contributed by atoms with Crippen LogP contribution in [0.2, 0.25) is 0 Å². The molecule has 2 aromatic carbocycles. The van der Waals surface area contributed by atoms with Crippen molar-refractivity contribution in [2.24, 2.45) is 5.10 Å². The van der Waals surface area contributed by atoms with Gasteiger partial charge in [0.1, 0.15) is 11.8 Å². The average molecular weight is 516 g/mol. The minimum absolute atomic E-state index is 0.0289. The average Bonchev–Trinajstić information content (AvgIpc) is 3.03. The Bertz CT molecular complexity index is 1210. The first-order valence-electron chi connectivity index (χ1n) is 8.62. The van der Waals surface area contributed by atoms with Crippen molar-refractivity contribution in [3.8, 4) is 17.6 Å². The predicted octanol–water partition coefficient (Wildman–Crippen LogP) is 4.86. The van der Waals surface area contributed by atoms with Gasteiger partial charge in [-0.15, -0.1) is 0 Å². The number of ether oxygens (including phenoxy) is 2. The van der Waals surface area contributed by atoms with E-state index in [0.717, 1.165) is 0 Å². The summed E-state index contributed by atoms with van der Waals surface area (Å²) < 4.78 is 79.6. The van der Waals surface area contributed by atoms with E-state index in [4.69, 9.17) is 14.7 Å². The summed E-state index contributed by atoms with van der Waals surface area (Å²) in [7, 11) is 1.34. The number of benzene rings is 2. The minimum Gasteiger partial charge on any atom is -0.493 e. The molecule has 6 nitrogen and oxygen atoms in total. The molecule has 1 amide bonds. The largest absolute Gasteiger partial charge is 0.493 e. The summed E-state index contributed by atoms with van der Waals surface area (Å²) in [4.78, 5) is 12.7. The lowest BCUT2D eigenvalue weighted by atomic mass is 10.1. The van der Waals surface area contributed by atoms with Crippen LogP contribution in [0.25, 0.3) is 6.08 Å². The number of hydrazone groups is 1. The van der Waals surface area contributed by atoms with E-state index in [2.05, 4.69) is 21.0 Å². The van der Waals surface area contributed by atoms with E-state index in [1.165, 1.54) is 32.2 Å². The SMILES string of the molecule is COc1cc(/C=C2/C(=O)N(c3c(F)c(F)c(F)c(F)c3F)N=C2C)cc(Br)c1OCC#N. The summed E-state index contributed by atoms with van der Waals surface area (Å²) in [5.74, 6) is -11.8. The van der Waals surface area contributed by atoms with Crippen LogP contribution < -0.4 is 14.5 Å². The first-order valence-corrected chi connectivity index (χ1v) is 9.42. The van der Waals surface area contributed by atoms with Gasteiger partial charge in [-0.25, -0.2) is 22.0 Å². The fourth-order valence-corrected chi connectivity index (χ4v) is 3.42. The maximum atomic E-state index is 14.1. The molecule has 0 unspecified atom stereocenters. The molecule has 0 aromatic heterocycles. The minimum atomic E-state index is -2.34. The Morgan fingerprint density at radius 2 is 1.72 bits per heavy atom. The quantitative estimate of drug-likeness (QED) is 0.246. The van der Waals surface area contributed by atoms with E-state index >= 15 is 0 Å². The molecule has 0 aliphatic carbocycles. The molecule has 0 N–H and O–H groups in total. The molecule has 32 heavy (non-hydrogen) atoms. The zero-order chi connectivity index (χ0) is 23.7.